The first-order valence-electron chi connectivity index (χ1n) is 7.11. The first-order chi connectivity index (χ1) is 12.2. The SMILES string of the molecule is COC(=O)C1=C(C(=O)OC)N(c2ccc(S(N)(=O)=O)cc2O)C=CC=C1. The Morgan fingerprint density at radius 1 is 1.12 bits per heavy atom. The van der Waals surface area contributed by atoms with Crippen molar-refractivity contribution >= 4 is 27.6 Å². The maximum atomic E-state index is 12.3. The molecule has 0 bridgehead atoms. The zero-order valence-corrected chi connectivity index (χ0v) is 14.7. The Balaban J connectivity index is 2.69. The minimum Gasteiger partial charge on any atom is -0.506 e. The molecule has 1 aliphatic heterocycles. The molecular formula is C16H16N2O7S. The molecule has 0 spiro atoms. The number of methoxy groups -OCH3 is 2. The molecule has 2 rings (SSSR count). The van der Waals surface area contributed by atoms with Crippen LogP contribution in [0.4, 0.5) is 5.69 Å². The monoisotopic (exact) mass is 380 g/mol. The number of carbonyl (C=O) groups is 2. The highest BCUT2D eigenvalue weighted by atomic mass is 32.2. The Morgan fingerprint density at radius 2 is 1.77 bits per heavy atom. The van der Waals surface area contributed by atoms with Crippen LogP contribution in [0, 0.1) is 0 Å². The van der Waals surface area contributed by atoms with E-state index in [1.54, 1.807) is 0 Å². The third-order valence-corrected chi connectivity index (χ3v) is 4.34. The number of primary sulfonamides is 1. The second-order valence-electron chi connectivity index (χ2n) is 5.01. The Kier molecular flexibility index (Phi) is 5.48. The number of carbonyl (C=O) groups excluding carboxylic acids is 2. The first kappa shape index (κ1) is 19.2. The van der Waals surface area contributed by atoms with E-state index < -0.39 is 27.7 Å². The highest BCUT2D eigenvalue weighted by Gasteiger charge is 2.29. The summed E-state index contributed by atoms with van der Waals surface area (Å²) in [6.45, 7) is 0. The van der Waals surface area contributed by atoms with Crippen LogP contribution in [0.3, 0.4) is 0 Å². The molecule has 1 aromatic rings. The van der Waals surface area contributed by atoms with Crippen molar-refractivity contribution in [3.05, 3.63) is 53.9 Å². The van der Waals surface area contributed by atoms with Gasteiger partial charge in [-0.05, 0) is 24.3 Å². The number of aromatic hydroxyl groups is 1. The molecule has 0 aliphatic carbocycles. The van der Waals surface area contributed by atoms with Gasteiger partial charge < -0.3 is 19.5 Å². The van der Waals surface area contributed by atoms with Crippen molar-refractivity contribution in [2.75, 3.05) is 19.1 Å². The van der Waals surface area contributed by atoms with E-state index >= 15 is 0 Å². The molecule has 3 N–H and O–H groups in total. The largest absolute Gasteiger partial charge is 0.506 e. The predicted octanol–water partition coefficient (Wildman–Crippen LogP) is 0.530. The maximum Gasteiger partial charge on any atom is 0.355 e. The number of nitrogens with two attached hydrogens (primary N) is 1. The Morgan fingerprint density at radius 3 is 2.31 bits per heavy atom. The van der Waals surface area contributed by atoms with E-state index in [1.165, 1.54) is 35.4 Å². The quantitative estimate of drug-likeness (QED) is 0.722. The van der Waals surface area contributed by atoms with Crippen molar-refractivity contribution in [3.63, 3.8) is 0 Å². The van der Waals surface area contributed by atoms with E-state index in [1.807, 2.05) is 0 Å². The Bertz CT molecular complexity index is 945. The van der Waals surface area contributed by atoms with Crippen LogP contribution in [0.2, 0.25) is 0 Å². The smallest absolute Gasteiger partial charge is 0.355 e. The number of esters is 2. The number of phenolic OH excluding ortho intramolecular Hbond substituents is 1. The van der Waals surface area contributed by atoms with Crippen LogP contribution in [-0.2, 0) is 29.1 Å². The second-order valence-corrected chi connectivity index (χ2v) is 6.57. The van der Waals surface area contributed by atoms with Crippen LogP contribution in [0.15, 0.2) is 58.8 Å². The molecule has 0 fully saturated rings. The molecule has 10 heteroatoms. The summed E-state index contributed by atoms with van der Waals surface area (Å²) < 4.78 is 32.2. The molecule has 0 unspecified atom stereocenters. The van der Waals surface area contributed by atoms with Crippen LogP contribution in [0.5, 0.6) is 5.75 Å². The summed E-state index contributed by atoms with van der Waals surface area (Å²) in [5, 5.41) is 15.3. The normalized spacial score (nSPS) is 14.2. The van der Waals surface area contributed by atoms with Crippen LogP contribution in [0.25, 0.3) is 0 Å². The predicted molar refractivity (Wildman–Crippen MR) is 91.3 cm³/mol. The number of allylic oxidation sites excluding steroid dienone is 2. The van der Waals surface area contributed by atoms with E-state index in [4.69, 9.17) is 9.88 Å². The molecule has 0 atom stereocenters. The summed E-state index contributed by atoms with van der Waals surface area (Å²) in [5.41, 5.74) is -0.304. The third kappa shape index (κ3) is 3.76. The number of phenols is 1. The van der Waals surface area contributed by atoms with E-state index in [-0.39, 0.29) is 21.9 Å². The molecule has 138 valence electrons. The number of rotatable bonds is 4. The van der Waals surface area contributed by atoms with Crippen LogP contribution in [-0.4, -0.2) is 39.7 Å². The van der Waals surface area contributed by atoms with Crippen molar-refractivity contribution in [1.82, 2.24) is 0 Å². The van der Waals surface area contributed by atoms with Gasteiger partial charge in [-0.25, -0.2) is 23.1 Å². The molecule has 0 saturated heterocycles. The van der Waals surface area contributed by atoms with Crippen LogP contribution >= 0.6 is 0 Å². The molecule has 0 saturated carbocycles. The lowest BCUT2D eigenvalue weighted by molar-refractivity contribution is -0.139. The zero-order valence-electron chi connectivity index (χ0n) is 13.9. The number of ether oxygens (including phenoxy) is 2. The Hall–Kier alpha value is -3.11. The lowest BCUT2D eigenvalue weighted by atomic mass is 10.1. The van der Waals surface area contributed by atoms with Gasteiger partial charge in [0.05, 0.1) is 30.4 Å². The standard InChI is InChI=1S/C16H16N2O7S/c1-24-15(20)11-5-3-4-8-18(14(11)16(21)25-2)12-7-6-10(9-13(12)19)26(17,22)23/h3-9,19H,1-2H3,(H2,17,22,23). The molecule has 0 amide bonds. The zero-order chi connectivity index (χ0) is 19.5. The van der Waals surface area contributed by atoms with Gasteiger partial charge in [-0.3, -0.25) is 0 Å². The van der Waals surface area contributed by atoms with Gasteiger partial charge in [0.15, 0.2) is 0 Å². The fourth-order valence-electron chi connectivity index (χ4n) is 2.24. The topological polar surface area (TPSA) is 136 Å². The van der Waals surface area contributed by atoms with Crippen LogP contribution in [0.1, 0.15) is 0 Å². The van der Waals surface area contributed by atoms with Crippen molar-refractivity contribution in [3.8, 4) is 5.75 Å². The van der Waals surface area contributed by atoms with Crippen molar-refractivity contribution in [2.24, 2.45) is 5.14 Å². The molecule has 1 aliphatic rings. The summed E-state index contributed by atoms with van der Waals surface area (Å²) >= 11 is 0. The Labute approximate surface area is 149 Å². The summed E-state index contributed by atoms with van der Waals surface area (Å²) in [5.74, 6) is -2.14. The van der Waals surface area contributed by atoms with E-state index in [0.717, 1.165) is 26.4 Å². The summed E-state index contributed by atoms with van der Waals surface area (Å²) in [4.78, 5) is 25.2. The van der Waals surface area contributed by atoms with Crippen LogP contribution < -0.4 is 10.0 Å². The van der Waals surface area contributed by atoms with Gasteiger partial charge in [0.1, 0.15) is 11.4 Å². The lowest BCUT2D eigenvalue weighted by Crippen LogP contribution is -2.27. The van der Waals surface area contributed by atoms with Crippen molar-refractivity contribution < 1.29 is 32.6 Å². The highest BCUT2D eigenvalue weighted by Crippen LogP contribution is 2.34. The number of anilines is 1. The first-order valence-corrected chi connectivity index (χ1v) is 8.66. The van der Waals surface area contributed by atoms with Crippen molar-refractivity contribution in [2.45, 2.75) is 4.90 Å². The number of hydrogen-bond acceptors (Lipinski definition) is 8. The van der Waals surface area contributed by atoms with Gasteiger partial charge in [0.25, 0.3) is 0 Å². The van der Waals surface area contributed by atoms with Gasteiger partial charge in [0, 0.05) is 12.3 Å². The van der Waals surface area contributed by atoms with Gasteiger partial charge >= 0.3 is 11.9 Å². The van der Waals surface area contributed by atoms with Crippen molar-refractivity contribution in [1.29, 1.82) is 0 Å². The molecule has 9 nitrogen and oxygen atoms in total. The fourth-order valence-corrected chi connectivity index (χ4v) is 2.77. The molecule has 1 heterocycles. The molecular weight excluding hydrogens is 364 g/mol. The number of sulfonamides is 1. The van der Waals surface area contributed by atoms with Gasteiger partial charge in [0.2, 0.25) is 10.0 Å². The minimum atomic E-state index is -4.03. The lowest BCUT2D eigenvalue weighted by Gasteiger charge is -2.24. The molecule has 0 aromatic heterocycles. The summed E-state index contributed by atoms with van der Waals surface area (Å²) in [6, 6.07) is 3.33. The summed E-state index contributed by atoms with van der Waals surface area (Å²) in [6.07, 6.45) is 5.74. The highest BCUT2D eigenvalue weighted by molar-refractivity contribution is 7.89. The van der Waals surface area contributed by atoms with E-state index in [9.17, 15) is 23.1 Å². The number of benzene rings is 1. The second kappa shape index (κ2) is 7.42. The minimum absolute atomic E-state index is 0.0270. The van der Waals surface area contributed by atoms with Gasteiger partial charge in [-0.15, -0.1) is 0 Å². The summed E-state index contributed by atoms with van der Waals surface area (Å²) in [7, 11) is -1.75. The molecule has 0 radical (unpaired) electrons. The number of nitrogens with zero attached hydrogens (tertiary/aromatic N) is 1. The molecule has 26 heavy (non-hydrogen) atoms. The van der Waals surface area contributed by atoms with Gasteiger partial charge in [-0.1, -0.05) is 6.08 Å². The van der Waals surface area contributed by atoms with Gasteiger partial charge in [-0.2, -0.15) is 0 Å². The average Bonchev–Trinajstić information content (AvgIpc) is 2.82. The molecule has 1 aromatic carbocycles. The maximum absolute atomic E-state index is 12.3. The third-order valence-electron chi connectivity index (χ3n) is 3.42. The van der Waals surface area contributed by atoms with E-state index in [0.29, 0.717) is 0 Å². The van der Waals surface area contributed by atoms with E-state index in [2.05, 4.69) is 4.74 Å². The average molecular weight is 380 g/mol. The fraction of sp³-hybridized carbons (Fsp3) is 0.125. The number of hydrogen-bond donors (Lipinski definition) is 2.